The van der Waals surface area contributed by atoms with Crippen LogP contribution in [0.4, 0.5) is 52.7 Å². The van der Waals surface area contributed by atoms with Crippen LogP contribution in [0, 0.1) is 22.7 Å². The molecule has 0 amide bonds. The first kappa shape index (κ1) is 31.8. The third-order valence-corrected chi connectivity index (χ3v) is 5.60. The van der Waals surface area contributed by atoms with Gasteiger partial charge in [0.05, 0.1) is 45.5 Å². The van der Waals surface area contributed by atoms with E-state index in [-0.39, 0.29) is 23.3 Å². The highest BCUT2D eigenvalue weighted by molar-refractivity contribution is 5.92. The quantitative estimate of drug-likeness (QED) is 0.169. The fourth-order valence-electron chi connectivity index (χ4n) is 3.60. The number of nitriles is 2. The second-order valence-corrected chi connectivity index (χ2v) is 8.60. The van der Waals surface area contributed by atoms with Crippen molar-refractivity contribution in [2.75, 3.05) is 0 Å². The number of hydrogen-bond donors (Lipinski definition) is 0. The summed E-state index contributed by atoms with van der Waals surface area (Å²) >= 11 is 0. The highest BCUT2D eigenvalue weighted by Crippen LogP contribution is 2.39. The van der Waals surface area contributed by atoms with Crippen molar-refractivity contribution in [2.45, 2.75) is 24.7 Å². The van der Waals surface area contributed by atoms with E-state index in [1.807, 2.05) is 0 Å². The van der Waals surface area contributed by atoms with Gasteiger partial charge in [-0.15, -0.1) is 0 Å². The van der Waals surface area contributed by atoms with E-state index in [4.69, 9.17) is 0 Å². The van der Waals surface area contributed by atoms with Crippen LogP contribution in [0.2, 0.25) is 0 Å². The molecule has 3 aromatic rings. The fraction of sp³-hybridized carbons (Fsp3) is 0.143. The lowest BCUT2D eigenvalue weighted by Gasteiger charge is -2.14. The van der Waals surface area contributed by atoms with Crippen molar-refractivity contribution >= 4 is 23.3 Å². The molecule has 0 saturated carbocycles. The number of alkyl halides is 12. The molecule has 2 nitrogen and oxygen atoms in total. The Balaban J connectivity index is 2.04. The number of nitrogens with zero attached hydrogens (tertiary/aromatic N) is 2. The van der Waals surface area contributed by atoms with Gasteiger partial charge in [0.2, 0.25) is 0 Å². The van der Waals surface area contributed by atoms with E-state index in [0.717, 1.165) is 12.2 Å². The van der Waals surface area contributed by atoms with Crippen molar-refractivity contribution in [1.82, 2.24) is 0 Å². The van der Waals surface area contributed by atoms with Gasteiger partial charge in [0.25, 0.3) is 0 Å². The molecule has 0 spiro atoms. The lowest BCUT2D eigenvalue weighted by Crippen LogP contribution is -2.11. The van der Waals surface area contributed by atoms with Crippen LogP contribution in [0.15, 0.2) is 60.7 Å². The molecule has 3 aromatic carbocycles. The third kappa shape index (κ3) is 7.72. The largest absolute Gasteiger partial charge is 0.416 e. The maximum atomic E-state index is 13.2. The van der Waals surface area contributed by atoms with Crippen molar-refractivity contribution in [1.29, 1.82) is 10.5 Å². The number of hydrogen-bond acceptors (Lipinski definition) is 2. The first-order valence-electron chi connectivity index (χ1n) is 11.2. The second kappa shape index (κ2) is 11.3. The maximum Gasteiger partial charge on any atom is 0.416 e. The molecule has 3 rings (SSSR count). The Kier molecular flexibility index (Phi) is 8.54. The molecule has 0 atom stereocenters. The summed E-state index contributed by atoms with van der Waals surface area (Å²) in [5.41, 5.74) is -8.88. The lowest BCUT2D eigenvalue weighted by molar-refractivity contribution is -0.144. The molecule has 0 N–H and O–H groups in total. The number of rotatable bonds is 4. The van der Waals surface area contributed by atoms with Crippen LogP contribution < -0.4 is 0 Å². The Labute approximate surface area is 229 Å². The standard InChI is InChI=1S/C28H12F12N2/c29-25(30,31)21-7-17(8-22(11-21)26(32,33)34)19(13-41)5-15-1-2-16(4-3-15)6-20(14-42)18-9-23(27(35,36)37)12-24(10-18)28(38,39)40/h1-12H. The SMILES string of the molecule is N#CC(=Cc1ccc(C=C(C#N)c2cc(C(F)(F)F)cc(C(F)(F)F)c2)cc1)c1cc(C(F)(F)F)cc(C(F)(F)F)c1. The van der Waals surface area contributed by atoms with Gasteiger partial charge in [-0.05, 0) is 70.8 Å². The van der Waals surface area contributed by atoms with Crippen LogP contribution in [0.25, 0.3) is 23.3 Å². The van der Waals surface area contributed by atoms with E-state index in [9.17, 15) is 63.2 Å². The molecule has 0 aliphatic heterocycles. The first-order chi connectivity index (χ1) is 19.2. The zero-order chi connectivity index (χ0) is 31.7. The summed E-state index contributed by atoms with van der Waals surface area (Å²) in [6.07, 6.45) is -18.7. The van der Waals surface area contributed by atoms with Gasteiger partial charge in [-0.25, -0.2) is 0 Å². The highest BCUT2D eigenvalue weighted by atomic mass is 19.4. The predicted octanol–water partition coefficient (Wildman–Crippen LogP) is 9.89. The maximum absolute atomic E-state index is 13.2. The van der Waals surface area contributed by atoms with Crippen molar-refractivity contribution in [3.05, 3.63) is 105 Å². The summed E-state index contributed by atoms with van der Waals surface area (Å²) in [6.45, 7) is 0. The van der Waals surface area contributed by atoms with Gasteiger partial charge in [-0.3, -0.25) is 0 Å². The monoisotopic (exact) mass is 604 g/mol. The van der Waals surface area contributed by atoms with Crippen LogP contribution in [0.1, 0.15) is 44.5 Å². The Morgan fingerprint density at radius 3 is 0.881 bits per heavy atom. The average Bonchev–Trinajstić information content (AvgIpc) is 2.88. The molecule has 0 heterocycles. The van der Waals surface area contributed by atoms with Crippen LogP contribution in [0.5, 0.6) is 0 Å². The van der Waals surface area contributed by atoms with Crippen LogP contribution in [0.3, 0.4) is 0 Å². The molecule has 0 fully saturated rings. The normalized spacial score (nSPS) is 13.5. The molecule has 0 bridgehead atoms. The molecule has 0 aliphatic carbocycles. The Hall–Kier alpha value is -4.72. The van der Waals surface area contributed by atoms with Crippen LogP contribution >= 0.6 is 0 Å². The number of allylic oxidation sites excluding steroid dienone is 2. The predicted molar refractivity (Wildman–Crippen MR) is 126 cm³/mol. The van der Waals surface area contributed by atoms with Gasteiger partial charge in [0.15, 0.2) is 0 Å². The van der Waals surface area contributed by atoms with Gasteiger partial charge >= 0.3 is 24.7 Å². The van der Waals surface area contributed by atoms with Crippen LogP contribution in [-0.4, -0.2) is 0 Å². The molecule has 218 valence electrons. The molecule has 0 saturated heterocycles. The summed E-state index contributed by atoms with van der Waals surface area (Å²) in [7, 11) is 0. The van der Waals surface area contributed by atoms with E-state index in [2.05, 4.69) is 0 Å². The minimum atomic E-state index is -5.15. The lowest BCUT2D eigenvalue weighted by atomic mass is 9.97. The zero-order valence-electron chi connectivity index (χ0n) is 20.4. The minimum Gasteiger partial charge on any atom is -0.192 e. The molecule has 0 aromatic heterocycles. The molecular weight excluding hydrogens is 592 g/mol. The third-order valence-electron chi connectivity index (χ3n) is 5.60. The zero-order valence-corrected chi connectivity index (χ0v) is 20.4. The summed E-state index contributed by atoms with van der Waals surface area (Å²) in [5, 5.41) is 18.9. The van der Waals surface area contributed by atoms with E-state index in [0.29, 0.717) is 24.3 Å². The van der Waals surface area contributed by atoms with Crippen molar-refractivity contribution in [3.8, 4) is 12.1 Å². The van der Waals surface area contributed by atoms with Gasteiger partial charge in [-0.1, -0.05) is 24.3 Å². The second-order valence-electron chi connectivity index (χ2n) is 8.60. The summed E-state index contributed by atoms with van der Waals surface area (Å²) in [5.74, 6) is 0. The summed E-state index contributed by atoms with van der Waals surface area (Å²) in [4.78, 5) is 0. The minimum absolute atomic E-state index is 0.0894. The summed E-state index contributed by atoms with van der Waals surface area (Å²) in [6, 6.07) is 9.15. The highest BCUT2D eigenvalue weighted by Gasteiger charge is 2.38. The molecular formula is C28H12F12N2. The van der Waals surface area contributed by atoms with Crippen molar-refractivity contribution in [2.24, 2.45) is 0 Å². The van der Waals surface area contributed by atoms with Gasteiger partial charge in [0, 0.05) is 0 Å². The van der Waals surface area contributed by atoms with E-state index < -0.39 is 69.2 Å². The van der Waals surface area contributed by atoms with Crippen molar-refractivity contribution < 1.29 is 52.7 Å². The van der Waals surface area contributed by atoms with Gasteiger partial charge < -0.3 is 0 Å². The van der Waals surface area contributed by atoms with Crippen LogP contribution in [-0.2, 0) is 24.7 Å². The molecule has 0 unspecified atom stereocenters. The molecule has 42 heavy (non-hydrogen) atoms. The number of benzene rings is 3. The van der Waals surface area contributed by atoms with E-state index >= 15 is 0 Å². The van der Waals surface area contributed by atoms with Gasteiger partial charge in [-0.2, -0.15) is 63.2 Å². The molecule has 0 aliphatic rings. The first-order valence-corrected chi connectivity index (χ1v) is 11.2. The van der Waals surface area contributed by atoms with E-state index in [1.54, 1.807) is 0 Å². The summed E-state index contributed by atoms with van der Waals surface area (Å²) < 4.78 is 158. The van der Waals surface area contributed by atoms with Gasteiger partial charge in [0.1, 0.15) is 0 Å². The molecule has 14 heteroatoms. The average molecular weight is 604 g/mol. The Morgan fingerprint density at radius 1 is 0.452 bits per heavy atom. The number of halogens is 12. The Bertz CT molecular complexity index is 1430. The van der Waals surface area contributed by atoms with Crippen molar-refractivity contribution in [3.63, 3.8) is 0 Å². The topological polar surface area (TPSA) is 47.6 Å². The smallest absolute Gasteiger partial charge is 0.192 e. The fourth-order valence-corrected chi connectivity index (χ4v) is 3.60. The molecule has 0 radical (unpaired) electrons. The Morgan fingerprint density at radius 2 is 0.690 bits per heavy atom. The van der Waals surface area contributed by atoms with E-state index in [1.165, 1.54) is 36.4 Å².